The van der Waals surface area contributed by atoms with Crippen molar-refractivity contribution in [2.45, 2.75) is 33.7 Å². The number of hydrogen-bond donors (Lipinski definition) is 1. The van der Waals surface area contributed by atoms with Gasteiger partial charge < -0.3 is 15.5 Å². The average Bonchev–Trinajstić information content (AvgIpc) is 2.38. The van der Waals surface area contributed by atoms with Gasteiger partial charge in [0.15, 0.2) is 0 Å². The molecule has 1 rings (SSSR count). The van der Waals surface area contributed by atoms with Crippen molar-refractivity contribution in [3.05, 3.63) is 0 Å². The van der Waals surface area contributed by atoms with Gasteiger partial charge in [-0.15, -0.1) is 0 Å². The number of carbonyl (C=O) groups is 1. The molecule has 0 bridgehead atoms. The van der Waals surface area contributed by atoms with E-state index in [1.807, 2.05) is 4.90 Å². The van der Waals surface area contributed by atoms with Gasteiger partial charge in [-0.1, -0.05) is 27.7 Å². The van der Waals surface area contributed by atoms with Crippen molar-refractivity contribution in [3.63, 3.8) is 0 Å². The first-order valence-corrected chi connectivity index (χ1v) is 8.23. The lowest BCUT2D eigenvalue weighted by Gasteiger charge is -2.40. The fourth-order valence-electron chi connectivity index (χ4n) is 2.91. The summed E-state index contributed by atoms with van der Waals surface area (Å²) in [4.78, 5) is 19.2. The molecule has 0 spiro atoms. The topological polar surface area (TPSA) is 52.8 Å². The fraction of sp³-hybridized carbons (Fsp3) is 0.938. The molecule has 0 aromatic heterocycles. The second-order valence-electron chi connectivity index (χ2n) is 7.21. The lowest BCUT2D eigenvalue weighted by molar-refractivity contribution is -0.134. The van der Waals surface area contributed by atoms with Crippen LogP contribution in [0, 0.1) is 11.8 Å². The summed E-state index contributed by atoms with van der Waals surface area (Å²) in [7, 11) is 2.12. The van der Waals surface area contributed by atoms with E-state index >= 15 is 0 Å². The number of hydrogen-bond acceptors (Lipinski definition) is 4. The summed E-state index contributed by atoms with van der Waals surface area (Å²) in [5.74, 6) is 1.26. The Morgan fingerprint density at radius 3 is 2.24 bits per heavy atom. The third kappa shape index (κ3) is 6.32. The fourth-order valence-corrected chi connectivity index (χ4v) is 2.91. The molecule has 1 heterocycles. The van der Waals surface area contributed by atoms with Gasteiger partial charge in [0.2, 0.25) is 5.91 Å². The minimum Gasteiger partial charge on any atom is -0.341 e. The Hall–Kier alpha value is -0.650. The van der Waals surface area contributed by atoms with E-state index in [9.17, 15) is 4.79 Å². The maximum absolute atomic E-state index is 12.7. The van der Waals surface area contributed by atoms with Gasteiger partial charge in [-0.25, -0.2) is 0 Å². The van der Waals surface area contributed by atoms with E-state index in [0.717, 1.165) is 32.7 Å². The Kier molecular flexibility index (Phi) is 7.63. The Morgan fingerprint density at radius 1 is 1.19 bits per heavy atom. The molecular weight excluding hydrogens is 264 g/mol. The van der Waals surface area contributed by atoms with Crippen LogP contribution in [0.25, 0.3) is 0 Å². The van der Waals surface area contributed by atoms with Gasteiger partial charge in [0, 0.05) is 45.3 Å². The Bertz CT molecular complexity index is 309. The summed E-state index contributed by atoms with van der Waals surface area (Å²) in [6.07, 6.45) is 0. The molecule has 1 amide bonds. The smallest absolute Gasteiger partial charge is 0.236 e. The molecule has 21 heavy (non-hydrogen) atoms. The van der Waals surface area contributed by atoms with Crippen molar-refractivity contribution in [3.8, 4) is 0 Å². The van der Waals surface area contributed by atoms with Gasteiger partial charge >= 0.3 is 0 Å². The molecule has 124 valence electrons. The molecule has 5 nitrogen and oxygen atoms in total. The van der Waals surface area contributed by atoms with E-state index in [0.29, 0.717) is 31.0 Å². The maximum Gasteiger partial charge on any atom is 0.236 e. The number of amides is 1. The Balaban J connectivity index is 2.62. The molecule has 2 N–H and O–H groups in total. The van der Waals surface area contributed by atoms with Gasteiger partial charge in [0.25, 0.3) is 0 Å². The minimum atomic E-state index is 0.250. The predicted molar refractivity (Wildman–Crippen MR) is 88.2 cm³/mol. The third-order valence-electron chi connectivity index (χ3n) is 3.94. The van der Waals surface area contributed by atoms with Crippen LogP contribution in [-0.4, -0.2) is 79.5 Å². The number of piperazine rings is 1. The lowest BCUT2D eigenvalue weighted by atomic mass is 10.1. The number of nitrogens with zero attached hydrogens (tertiary/aromatic N) is 3. The highest BCUT2D eigenvalue weighted by Crippen LogP contribution is 2.10. The van der Waals surface area contributed by atoms with Gasteiger partial charge in [-0.3, -0.25) is 9.69 Å². The van der Waals surface area contributed by atoms with Crippen LogP contribution in [0.15, 0.2) is 0 Å². The molecule has 1 atom stereocenters. The van der Waals surface area contributed by atoms with Crippen LogP contribution in [0.2, 0.25) is 0 Å². The second kappa shape index (κ2) is 8.71. The van der Waals surface area contributed by atoms with Gasteiger partial charge in [-0.2, -0.15) is 0 Å². The van der Waals surface area contributed by atoms with E-state index in [2.05, 4.69) is 44.5 Å². The monoisotopic (exact) mass is 298 g/mol. The molecule has 0 saturated carbocycles. The quantitative estimate of drug-likeness (QED) is 0.752. The van der Waals surface area contributed by atoms with Crippen LogP contribution >= 0.6 is 0 Å². The molecule has 1 fully saturated rings. The zero-order valence-corrected chi connectivity index (χ0v) is 14.5. The molecule has 1 aliphatic heterocycles. The summed E-state index contributed by atoms with van der Waals surface area (Å²) in [5.41, 5.74) is 5.88. The molecule has 0 aromatic carbocycles. The standard InChI is InChI=1S/C16H34N4O/c1-13(2)9-20(10-14(3)4)16(21)12-19-7-6-18(5)11-15(19)8-17/h13-15H,6-12,17H2,1-5H3. The molecule has 5 heteroatoms. The van der Waals surface area contributed by atoms with Crippen molar-refractivity contribution < 1.29 is 4.79 Å². The van der Waals surface area contributed by atoms with Crippen molar-refractivity contribution in [1.82, 2.24) is 14.7 Å². The van der Waals surface area contributed by atoms with Crippen LogP contribution in [0.5, 0.6) is 0 Å². The zero-order chi connectivity index (χ0) is 16.0. The highest BCUT2D eigenvalue weighted by atomic mass is 16.2. The Labute approximate surface area is 130 Å². The average molecular weight is 298 g/mol. The maximum atomic E-state index is 12.7. The van der Waals surface area contributed by atoms with Crippen LogP contribution in [0.3, 0.4) is 0 Å². The van der Waals surface area contributed by atoms with E-state index < -0.39 is 0 Å². The predicted octanol–water partition coefficient (Wildman–Crippen LogP) is 0.702. The summed E-state index contributed by atoms with van der Waals surface area (Å²) in [6.45, 7) is 14.4. The molecule has 1 unspecified atom stereocenters. The lowest BCUT2D eigenvalue weighted by Crippen LogP contribution is -2.57. The molecule has 1 saturated heterocycles. The van der Waals surface area contributed by atoms with Crippen LogP contribution < -0.4 is 5.73 Å². The molecule has 0 radical (unpaired) electrons. The number of carbonyl (C=O) groups excluding carboxylic acids is 1. The molecule has 0 aliphatic carbocycles. The summed E-state index contributed by atoms with van der Waals surface area (Å²) in [5, 5.41) is 0. The van der Waals surface area contributed by atoms with E-state index in [4.69, 9.17) is 5.73 Å². The number of nitrogens with two attached hydrogens (primary N) is 1. The largest absolute Gasteiger partial charge is 0.341 e. The van der Waals surface area contributed by atoms with Crippen LogP contribution in [0.4, 0.5) is 0 Å². The first-order valence-electron chi connectivity index (χ1n) is 8.23. The van der Waals surface area contributed by atoms with E-state index in [1.165, 1.54) is 0 Å². The minimum absolute atomic E-state index is 0.250. The van der Waals surface area contributed by atoms with Gasteiger partial charge in [-0.05, 0) is 18.9 Å². The number of rotatable bonds is 7. The van der Waals surface area contributed by atoms with Crippen LogP contribution in [-0.2, 0) is 4.79 Å². The van der Waals surface area contributed by atoms with Crippen molar-refractivity contribution in [2.24, 2.45) is 17.6 Å². The third-order valence-corrected chi connectivity index (χ3v) is 3.94. The second-order valence-corrected chi connectivity index (χ2v) is 7.21. The zero-order valence-electron chi connectivity index (χ0n) is 14.5. The molecule has 1 aliphatic rings. The summed E-state index contributed by atoms with van der Waals surface area (Å²) in [6, 6.07) is 0.299. The highest BCUT2D eigenvalue weighted by Gasteiger charge is 2.27. The van der Waals surface area contributed by atoms with Crippen molar-refractivity contribution in [1.29, 1.82) is 0 Å². The van der Waals surface area contributed by atoms with Crippen molar-refractivity contribution in [2.75, 3.05) is 52.9 Å². The van der Waals surface area contributed by atoms with Gasteiger partial charge in [0.05, 0.1) is 6.54 Å². The normalized spacial score (nSPS) is 21.2. The van der Waals surface area contributed by atoms with Crippen LogP contribution in [0.1, 0.15) is 27.7 Å². The van der Waals surface area contributed by atoms with Gasteiger partial charge in [0.1, 0.15) is 0 Å². The summed E-state index contributed by atoms with van der Waals surface area (Å²) < 4.78 is 0. The summed E-state index contributed by atoms with van der Waals surface area (Å²) >= 11 is 0. The molecule has 0 aromatic rings. The van der Waals surface area contributed by atoms with E-state index in [1.54, 1.807) is 0 Å². The highest BCUT2D eigenvalue weighted by molar-refractivity contribution is 5.78. The Morgan fingerprint density at radius 2 is 1.76 bits per heavy atom. The van der Waals surface area contributed by atoms with E-state index in [-0.39, 0.29) is 5.91 Å². The number of likely N-dealkylation sites (N-methyl/N-ethyl adjacent to an activating group) is 1. The molecular formula is C16H34N4O. The first kappa shape index (κ1) is 18.4. The SMILES string of the molecule is CC(C)CN(CC(C)C)C(=O)CN1CCN(C)CC1CN. The first-order chi connectivity index (χ1) is 9.83. The van der Waals surface area contributed by atoms with Crippen molar-refractivity contribution >= 4 is 5.91 Å².